The Morgan fingerprint density at radius 3 is 2.62 bits per heavy atom. The van der Waals surface area contributed by atoms with Gasteiger partial charge in [-0.05, 0) is 17.8 Å². The van der Waals surface area contributed by atoms with Gasteiger partial charge in [0.05, 0.1) is 5.92 Å². The summed E-state index contributed by atoms with van der Waals surface area (Å²) < 4.78 is 0. The van der Waals surface area contributed by atoms with Crippen molar-refractivity contribution in [3.8, 4) is 0 Å². The van der Waals surface area contributed by atoms with Crippen LogP contribution < -0.4 is 5.32 Å². The Bertz CT molecular complexity index is 203. The van der Waals surface area contributed by atoms with Crippen LogP contribution in [0.25, 0.3) is 0 Å². The predicted octanol–water partition coefficient (Wildman–Crippen LogP) is 1.34. The van der Waals surface area contributed by atoms with E-state index in [1.807, 2.05) is 0 Å². The summed E-state index contributed by atoms with van der Waals surface area (Å²) in [4.78, 5) is 11.0. The van der Waals surface area contributed by atoms with Crippen molar-refractivity contribution in [2.75, 3.05) is 13.1 Å². The summed E-state index contributed by atoms with van der Waals surface area (Å²) in [6, 6.07) is 0. The maximum Gasteiger partial charge on any atom is 0.308 e. The van der Waals surface area contributed by atoms with Crippen molar-refractivity contribution in [1.82, 2.24) is 5.32 Å². The minimum absolute atomic E-state index is 0.0359. The second-order valence-corrected chi connectivity index (χ2v) is 4.26. The first-order chi connectivity index (χ1) is 6.04. The van der Waals surface area contributed by atoms with Gasteiger partial charge >= 0.3 is 5.97 Å². The monoisotopic (exact) mass is 185 g/mol. The van der Waals surface area contributed by atoms with E-state index >= 15 is 0 Å². The van der Waals surface area contributed by atoms with Gasteiger partial charge in [0.25, 0.3) is 0 Å². The summed E-state index contributed by atoms with van der Waals surface area (Å²) in [5.74, 6) is -0.438. The van der Waals surface area contributed by atoms with E-state index in [9.17, 15) is 4.79 Å². The second-order valence-electron chi connectivity index (χ2n) is 4.26. The summed E-state index contributed by atoms with van der Waals surface area (Å²) in [6.07, 6.45) is 0.939. The maximum atomic E-state index is 11.0. The number of carboxylic acid groups (broad SMARTS) is 1. The first-order valence-electron chi connectivity index (χ1n) is 4.98. The van der Waals surface area contributed by atoms with Gasteiger partial charge in [-0.2, -0.15) is 0 Å². The van der Waals surface area contributed by atoms with Gasteiger partial charge in [0.2, 0.25) is 0 Å². The number of nitrogens with one attached hydrogen (secondary N) is 1. The molecule has 2 atom stereocenters. The van der Waals surface area contributed by atoms with E-state index < -0.39 is 5.97 Å². The van der Waals surface area contributed by atoms with E-state index in [0.717, 1.165) is 13.0 Å². The van der Waals surface area contributed by atoms with E-state index in [2.05, 4.69) is 26.1 Å². The average Bonchev–Trinajstić information content (AvgIpc) is 2.48. The number of hydrogen-bond donors (Lipinski definition) is 2. The normalized spacial score (nSPS) is 34.0. The minimum Gasteiger partial charge on any atom is -0.481 e. The minimum atomic E-state index is -0.652. The first-order valence-corrected chi connectivity index (χ1v) is 4.98. The van der Waals surface area contributed by atoms with E-state index in [0.29, 0.717) is 12.5 Å². The number of hydrogen-bond acceptors (Lipinski definition) is 2. The molecule has 0 bridgehead atoms. The zero-order chi connectivity index (χ0) is 10.1. The third-order valence-electron chi connectivity index (χ3n) is 3.60. The highest BCUT2D eigenvalue weighted by molar-refractivity contribution is 5.72. The molecule has 2 unspecified atom stereocenters. The van der Waals surface area contributed by atoms with Crippen LogP contribution in [0.15, 0.2) is 0 Å². The zero-order valence-corrected chi connectivity index (χ0v) is 8.63. The fraction of sp³-hybridized carbons (Fsp3) is 0.900. The Balaban J connectivity index is 2.90. The molecule has 0 aliphatic carbocycles. The van der Waals surface area contributed by atoms with E-state index in [4.69, 9.17) is 5.11 Å². The predicted molar refractivity (Wildman–Crippen MR) is 51.6 cm³/mol. The fourth-order valence-corrected chi connectivity index (χ4v) is 2.50. The Morgan fingerprint density at radius 2 is 2.31 bits per heavy atom. The van der Waals surface area contributed by atoms with Crippen LogP contribution in [-0.2, 0) is 4.79 Å². The van der Waals surface area contributed by atoms with Crippen molar-refractivity contribution in [1.29, 1.82) is 0 Å². The van der Waals surface area contributed by atoms with Crippen LogP contribution in [0.1, 0.15) is 27.2 Å². The Kier molecular flexibility index (Phi) is 2.96. The quantitative estimate of drug-likeness (QED) is 0.697. The molecule has 3 heteroatoms. The Labute approximate surface area is 79.5 Å². The standard InChI is InChI=1S/C10H19NO2/c1-4-10(7(2)3)6-11-5-8(10)9(12)13/h7-8,11H,4-6H2,1-3H3,(H,12,13). The molecule has 0 aromatic heterocycles. The molecule has 1 heterocycles. The molecular formula is C10H19NO2. The summed E-state index contributed by atoms with van der Waals surface area (Å²) in [5.41, 5.74) is -0.0359. The summed E-state index contributed by atoms with van der Waals surface area (Å²) in [6.45, 7) is 7.79. The number of carbonyl (C=O) groups is 1. The van der Waals surface area contributed by atoms with Gasteiger partial charge in [-0.15, -0.1) is 0 Å². The Hall–Kier alpha value is -0.570. The second kappa shape index (κ2) is 3.66. The molecule has 1 saturated heterocycles. The molecule has 1 aliphatic heterocycles. The lowest BCUT2D eigenvalue weighted by atomic mass is 9.68. The summed E-state index contributed by atoms with van der Waals surface area (Å²) in [7, 11) is 0. The highest BCUT2D eigenvalue weighted by atomic mass is 16.4. The topological polar surface area (TPSA) is 49.3 Å². The van der Waals surface area contributed by atoms with Gasteiger partial charge < -0.3 is 10.4 Å². The molecule has 0 radical (unpaired) electrons. The van der Waals surface area contributed by atoms with Crippen LogP contribution in [0.3, 0.4) is 0 Å². The largest absolute Gasteiger partial charge is 0.481 e. The number of aliphatic carboxylic acids is 1. The third-order valence-corrected chi connectivity index (χ3v) is 3.60. The molecule has 0 aromatic rings. The molecule has 3 nitrogen and oxygen atoms in total. The lowest BCUT2D eigenvalue weighted by Gasteiger charge is -2.35. The van der Waals surface area contributed by atoms with Crippen LogP contribution in [0, 0.1) is 17.3 Å². The van der Waals surface area contributed by atoms with Crippen molar-refractivity contribution < 1.29 is 9.90 Å². The van der Waals surface area contributed by atoms with Crippen molar-refractivity contribution in [3.63, 3.8) is 0 Å². The third kappa shape index (κ3) is 1.57. The zero-order valence-electron chi connectivity index (χ0n) is 8.63. The molecule has 1 aliphatic rings. The molecule has 0 saturated carbocycles. The van der Waals surface area contributed by atoms with Gasteiger partial charge in [0, 0.05) is 13.1 Å². The number of carboxylic acids is 1. The molecular weight excluding hydrogens is 166 g/mol. The van der Waals surface area contributed by atoms with Crippen LogP contribution in [0.4, 0.5) is 0 Å². The molecule has 1 rings (SSSR count). The van der Waals surface area contributed by atoms with Crippen molar-refractivity contribution in [2.45, 2.75) is 27.2 Å². The number of rotatable bonds is 3. The Morgan fingerprint density at radius 1 is 1.69 bits per heavy atom. The summed E-state index contributed by atoms with van der Waals surface area (Å²) in [5, 5.41) is 12.3. The molecule has 0 amide bonds. The van der Waals surface area contributed by atoms with Crippen molar-refractivity contribution in [2.24, 2.45) is 17.3 Å². The van der Waals surface area contributed by atoms with Crippen LogP contribution in [-0.4, -0.2) is 24.2 Å². The highest BCUT2D eigenvalue weighted by Crippen LogP contribution is 2.41. The van der Waals surface area contributed by atoms with Crippen LogP contribution in [0.2, 0.25) is 0 Å². The maximum absolute atomic E-state index is 11.0. The van der Waals surface area contributed by atoms with Gasteiger partial charge in [-0.3, -0.25) is 4.79 Å². The van der Waals surface area contributed by atoms with Crippen LogP contribution in [0.5, 0.6) is 0 Å². The van der Waals surface area contributed by atoms with Crippen molar-refractivity contribution >= 4 is 5.97 Å². The fourth-order valence-electron chi connectivity index (χ4n) is 2.50. The SMILES string of the molecule is CCC1(C(C)C)CNCC1C(=O)O. The summed E-state index contributed by atoms with van der Waals surface area (Å²) >= 11 is 0. The highest BCUT2D eigenvalue weighted by Gasteiger charge is 2.47. The molecule has 76 valence electrons. The smallest absolute Gasteiger partial charge is 0.308 e. The molecule has 13 heavy (non-hydrogen) atoms. The van der Waals surface area contributed by atoms with Gasteiger partial charge in [-0.25, -0.2) is 0 Å². The molecule has 2 N–H and O–H groups in total. The van der Waals surface area contributed by atoms with E-state index in [1.165, 1.54) is 0 Å². The lowest BCUT2D eigenvalue weighted by molar-refractivity contribution is -0.146. The van der Waals surface area contributed by atoms with Gasteiger partial charge in [0.1, 0.15) is 0 Å². The molecule has 0 aromatic carbocycles. The molecule has 0 spiro atoms. The van der Waals surface area contributed by atoms with Crippen LogP contribution >= 0.6 is 0 Å². The van der Waals surface area contributed by atoms with Gasteiger partial charge in [-0.1, -0.05) is 20.8 Å². The lowest BCUT2D eigenvalue weighted by Crippen LogP contribution is -2.38. The van der Waals surface area contributed by atoms with Crippen molar-refractivity contribution in [3.05, 3.63) is 0 Å². The first kappa shape index (κ1) is 10.5. The molecule has 1 fully saturated rings. The van der Waals surface area contributed by atoms with E-state index in [1.54, 1.807) is 0 Å². The van der Waals surface area contributed by atoms with Gasteiger partial charge in [0.15, 0.2) is 0 Å². The average molecular weight is 185 g/mol. The van der Waals surface area contributed by atoms with E-state index in [-0.39, 0.29) is 11.3 Å².